The topological polar surface area (TPSA) is 21.3 Å². The van der Waals surface area contributed by atoms with Crippen LogP contribution in [0.3, 0.4) is 0 Å². The van der Waals surface area contributed by atoms with Crippen molar-refractivity contribution in [2.24, 2.45) is 0 Å². The summed E-state index contributed by atoms with van der Waals surface area (Å²) in [7, 11) is 0. The summed E-state index contributed by atoms with van der Waals surface area (Å²) in [6.07, 6.45) is 0. The van der Waals surface area contributed by atoms with Gasteiger partial charge in [-0.05, 0) is 47.3 Å². The molecule has 1 aliphatic rings. The minimum absolute atomic E-state index is 0.384. The normalized spacial score (nSPS) is 19.7. The molecular weight excluding hydrogens is 277 g/mol. The van der Waals surface area contributed by atoms with Crippen molar-refractivity contribution in [3.05, 3.63) is 27.3 Å². The monoisotopic (exact) mass is 289 g/mol. The molecule has 1 atom stereocenters. The first-order valence-electron chi connectivity index (χ1n) is 4.47. The molecule has 2 rings (SSSR count). The summed E-state index contributed by atoms with van der Waals surface area (Å²) < 4.78 is 6.82. The quantitative estimate of drug-likeness (QED) is 0.844. The first-order valence-corrected chi connectivity index (χ1v) is 5.54. The molecule has 0 fully saturated rings. The molecule has 2 nitrogen and oxygen atoms in total. The van der Waals surface area contributed by atoms with Gasteiger partial charge in [0.05, 0.1) is 6.04 Å². The Kier molecular flexibility index (Phi) is 2.74. The molecule has 3 heteroatoms. The number of hydrogen-bond donors (Lipinski definition) is 1. The Morgan fingerprint density at radius 2 is 2.46 bits per heavy atom. The van der Waals surface area contributed by atoms with Crippen LogP contribution < -0.4 is 10.1 Å². The Bertz CT molecular complexity index is 312. The van der Waals surface area contributed by atoms with E-state index in [4.69, 9.17) is 4.74 Å². The van der Waals surface area contributed by atoms with Crippen molar-refractivity contribution in [3.63, 3.8) is 0 Å². The molecule has 1 unspecified atom stereocenters. The van der Waals surface area contributed by atoms with Crippen LogP contribution in [-0.4, -0.2) is 13.2 Å². The van der Waals surface area contributed by atoms with Crippen LogP contribution in [-0.2, 0) is 0 Å². The second-order valence-corrected chi connectivity index (χ2v) is 4.35. The summed E-state index contributed by atoms with van der Waals surface area (Å²) in [4.78, 5) is 0. The van der Waals surface area contributed by atoms with Crippen molar-refractivity contribution < 1.29 is 4.74 Å². The molecule has 0 radical (unpaired) electrons. The van der Waals surface area contributed by atoms with E-state index in [1.165, 1.54) is 9.13 Å². The predicted octanol–water partition coefficient (Wildman–Crippen LogP) is 2.33. The Morgan fingerprint density at radius 3 is 3.23 bits per heavy atom. The number of rotatable bonds is 2. The minimum atomic E-state index is 0.384. The smallest absolute Gasteiger partial charge is 0.124 e. The fourth-order valence-corrected chi connectivity index (χ4v) is 2.12. The first-order chi connectivity index (χ1) is 6.31. The summed E-state index contributed by atoms with van der Waals surface area (Å²) in [5.41, 5.74) is 1.30. The standard InChI is InChI=1S/C10H12INO/c1-2-12-9-6-13-10-4-3-7(11)5-8(9)10/h3-5,9,12H,2,6H2,1H3. The molecule has 1 aromatic carbocycles. The molecule has 0 aromatic heterocycles. The van der Waals surface area contributed by atoms with Crippen molar-refractivity contribution in [1.82, 2.24) is 5.32 Å². The number of fused-ring (bicyclic) bond motifs is 1. The lowest BCUT2D eigenvalue weighted by atomic mass is 10.1. The van der Waals surface area contributed by atoms with E-state index >= 15 is 0 Å². The Hall–Kier alpha value is -0.290. The maximum atomic E-state index is 5.55. The third kappa shape index (κ3) is 1.81. The highest BCUT2D eigenvalue weighted by atomic mass is 127. The fourth-order valence-electron chi connectivity index (χ4n) is 1.60. The second-order valence-electron chi connectivity index (χ2n) is 3.10. The highest BCUT2D eigenvalue weighted by Gasteiger charge is 2.22. The SMILES string of the molecule is CCNC1COc2ccc(I)cc21. The molecule has 13 heavy (non-hydrogen) atoms. The van der Waals surface area contributed by atoms with Crippen molar-refractivity contribution >= 4 is 22.6 Å². The van der Waals surface area contributed by atoms with Gasteiger partial charge in [0.15, 0.2) is 0 Å². The van der Waals surface area contributed by atoms with Gasteiger partial charge in [-0.3, -0.25) is 0 Å². The molecular formula is C10H12INO. The van der Waals surface area contributed by atoms with Crippen LogP contribution in [0.1, 0.15) is 18.5 Å². The third-order valence-electron chi connectivity index (χ3n) is 2.20. The molecule has 0 amide bonds. The van der Waals surface area contributed by atoms with Crippen molar-refractivity contribution in [1.29, 1.82) is 0 Å². The zero-order valence-electron chi connectivity index (χ0n) is 7.51. The Balaban J connectivity index is 2.29. The zero-order valence-corrected chi connectivity index (χ0v) is 9.67. The van der Waals surface area contributed by atoms with Gasteiger partial charge in [0.25, 0.3) is 0 Å². The Morgan fingerprint density at radius 1 is 1.62 bits per heavy atom. The molecule has 70 valence electrons. The lowest BCUT2D eigenvalue weighted by Crippen LogP contribution is -2.21. The van der Waals surface area contributed by atoms with Gasteiger partial charge in [-0.1, -0.05) is 6.92 Å². The number of ether oxygens (including phenoxy) is 1. The van der Waals surface area contributed by atoms with Crippen LogP contribution in [0.4, 0.5) is 0 Å². The third-order valence-corrected chi connectivity index (χ3v) is 2.87. The summed E-state index contributed by atoms with van der Waals surface area (Å²) in [5, 5.41) is 3.40. The highest BCUT2D eigenvalue weighted by Crippen LogP contribution is 2.33. The molecule has 1 heterocycles. The maximum Gasteiger partial charge on any atom is 0.124 e. The summed E-state index contributed by atoms with van der Waals surface area (Å²) >= 11 is 2.33. The second kappa shape index (κ2) is 3.84. The average molecular weight is 289 g/mol. The molecule has 1 aliphatic heterocycles. The molecule has 1 aromatic rings. The van der Waals surface area contributed by atoms with Crippen LogP contribution in [0.15, 0.2) is 18.2 Å². The van der Waals surface area contributed by atoms with Crippen LogP contribution in [0.2, 0.25) is 0 Å². The van der Waals surface area contributed by atoms with Crippen LogP contribution in [0, 0.1) is 3.57 Å². The van der Waals surface area contributed by atoms with Gasteiger partial charge >= 0.3 is 0 Å². The van der Waals surface area contributed by atoms with E-state index in [1.807, 2.05) is 0 Å². The molecule has 0 bridgehead atoms. The number of hydrogen-bond acceptors (Lipinski definition) is 2. The fraction of sp³-hybridized carbons (Fsp3) is 0.400. The van der Waals surface area contributed by atoms with Gasteiger partial charge in [-0.15, -0.1) is 0 Å². The first kappa shape index (κ1) is 9.27. The minimum Gasteiger partial charge on any atom is -0.491 e. The molecule has 0 saturated heterocycles. The summed E-state index contributed by atoms with van der Waals surface area (Å²) in [6, 6.07) is 6.70. The van der Waals surface area contributed by atoms with Crippen molar-refractivity contribution in [2.75, 3.05) is 13.2 Å². The Labute approximate surface area is 91.8 Å². The van der Waals surface area contributed by atoms with Crippen LogP contribution in [0.25, 0.3) is 0 Å². The van der Waals surface area contributed by atoms with E-state index in [-0.39, 0.29) is 0 Å². The number of benzene rings is 1. The lowest BCUT2D eigenvalue weighted by Gasteiger charge is -2.08. The van der Waals surface area contributed by atoms with E-state index < -0.39 is 0 Å². The van der Waals surface area contributed by atoms with Crippen molar-refractivity contribution in [2.45, 2.75) is 13.0 Å². The highest BCUT2D eigenvalue weighted by molar-refractivity contribution is 14.1. The van der Waals surface area contributed by atoms with Crippen LogP contribution >= 0.6 is 22.6 Å². The number of likely N-dealkylation sites (N-methyl/N-ethyl adjacent to an activating group) is 1. The molecule has 1 N–H and O–H groups in total. The van der Waals surface area contributed by atoms with Gasteiger partial charge in [0.2, 0.25) is 0 Å². The van der Waals surface area contributed by atoms with E-state index in [9.17, 15) is 0 Å². The van der Waals surface area contributed by atoms with Gasteiger partial charge in [-0.2, -0.15) is 0 Å². The molecule has 0 spiro atoms. The molecule has 0 saturated carbocycles. The molecule has 0 aliphatic carbocycles. The zero-order chi connectivity index (χ0) is 9.26. The van der Waals surface area contributed by atoms with Gasteiger partial charge in [0, 0.05) is 9.13 Å². The number of nitrogens with one attached hydrogen (secondary N) is 1. The predicted molar refractivity (Wildman–Crippen MR) is 61.1 cm³/mol. The summed E-state index contributed by atoms with van der Waals surface area (Å²) in [6.45, 7) is 3.87. The number of halogens is 1. The van der Waals surface area contributed by atoms with Gasteiger partial charge in [0.1, 0.15) is 12.4 Å². The van der Waals surface area contributed by atoms with Crippen molar-refractivity contribution in [3.8, 4) is 5.75 Å². The van der Waals surface area contributed by atoms with E-state index in [2.05, 4.69) is 53.0 Å². The van der Waals surface area contributed by atoms with Crippen LogP contribution in [0.5, 0.6) is 5.75 Å². The van der Waals surface area contributed by atoms with Gasteiger partial charge < -0.3 is 10.1 Å². The average Bonchev–Trinajstić information content (AvgIpc) is 2.49. The van der Waals surface area contributed by atoms with Gasteiger partial charge in [-0.25, -0.2) is 0 Å². The van der Waals surface area contributed by atoms with E-state index in [0.717, 1.165) is 18.9 Å². The largest absolute Gasteiger partial charge is 0.491 e. The lowest BCUT2D eigenvalue weighted by molar-refractivity contribution is 0.313. The maximum absolute atomic E-state index is 5.55. The van der Waals surface area contributed by atoms with E-state index in [1.54, 1.807) is 0 Å². The van der Waals surface area contributed by atoms with E-state index in [0.29, 0.717) is 6.04 Å². The summed E-state index contributed by atoms with van der Waals surface area (Å²) in [5.74, 6) is 1.03.